The van der Waals surface area contributed by atoms with Crippen molar-refractivity contribution >= 4 is 0 Å². The van der Waals surface area contributed by atoms with E-state index in [2.05, 4.69) is 18.3 Å². The molecule has 11 heavy (non-hydrogen) atoms. The molecule has 1 N–H and O–H groups in total. The Morgan fingerprint density at radius 2 is 2.18 bits per heavy atom. The Morgan fingerprint density at radius 3 is 3.09 bits per heavy atom. The van der Waals surface area contributed by atoms with Crippen molar-refractivity contribution < 1.29 is 0 Å². The fraction of sp³-hybridized carbons (Fsp3) is 0.600. The summed E-state index contributed by atoms with van der Waals surface area (Å²) in [5.74, 6) is 0. The number of hydrogen-bond donors (Lipinski definition) is 1. The highest BCUT2D eigenvalue weighted by Gasteiger charge is 2.13. The van der Waals surface area contributed by atoms with Crippen molar-refractivity contribution in [3.8, 4) is 0 Å². The minimum atomic E-state index is 1.14. The first kappa shape index (κ1) is 7.11. The minimum Gasteiger partial charge on any atom is -0.313 e. The average Bonchev–Trinajstić information content (AvgIpc) is 2.04. The standard InChI is InChI=1S/C10H15N/c1-8-2-3-10-7-11-5-4-9(10)6-8/h6,11H,2-5,7H2,1H3. The summed E-state index contributed by atoms with van der Waals surface area (Å²) in [6.07, 6.45) is 6.21. The number of allylic oxidation sites excluding steroid dienone is 2. The van der Waals surface area contributed by atoms with Crippen molar-refractivity contribution in [2.24, 2.45) is 0 Å². The van der Waals surface area contributed by atoms with E-state index in [1.54, 1.807) is 16.7 Å². The number of hydrogen-bond acceptors (Lipinski definition) is 1. The van der Waals surface area contributed by atoms with Crippen LogP contribution in [0.3, 0.4) is 0 Å². The molecule has 1 heterocycles. The molecule has 0 saturated heterocycles. The van der Waals surface area contributed by atoms with Crippen molar-refractivity contribution in [1.29, 1.82) is 0 Å². The van der Waals surface area contributed by atoms with Crippen LogP contribution in [0.4, 0.5) is 0 Å². The van der Waals surface area contributed by atoms with Gasteiger partial charge in [-0.3, -0.25) is 0 Å². The lowest BCUT2D eigenvalue weighted by Crippen LogP contribution is -2.25. The molecule has 0 unspecified atom stereocenters. The van der Waals surface area contributed by atoms with Crippen molar-refractivity contribution in [2.75, 3.05) is 13.1 Å². The van der Waals surface area contributed by atoms with Crippen LogP contribution in [-0.4, -0.2) is 13.1 Å². The molecule has 1 heteroatoms. The molecule has 0 bridgehead atoms. The summed E-state index contributed by atoms with van der Waals surface area (Å²) in [5, 5.41) is 3.41. The van der Waals surface area contributed by atoms with Crippen LogP contribution in [0.25, 0.3) is 0 Å². The first-order chi connectivity index (χ1) is 5.36. The van der Waals surface area contributed by atoms with E-state index >= 15 is 0 Å². The van der Waals surface area contributed by atoms with E-state index in [4.69, 9.17) is 0 Å². The maximum Gasteiger partial charge on any atom is 0.0170 e. The molecule has 2 aliphatic rings. The van der Waals surface area contributed by atoms with Gasteiger partial charge in [0.2, 0.25) is 0 Å². The predicted octanol–water partition coefficient (Wildman–Crippen LogP) is 2.02. The van der Waals surface area contributed by atoms with Crippen LogP contribution < -0.4 is 5.32 Å². The van der Waals surface area contributed by atoms with Gasteiger partial charge < -0.3 is 5.32 Å². The molecule has 0 saturated carbocycles. The van der Waals surface area contributed by atoms with Gasteiger partial charge >= 0.3 is 0 Å². The Labute approximate surface area is 68.2 Å². The van der Waals surface area contributed by atoms with Crippen LogP contribution in [0, 0.1) is 0 Å². The summed E-state index contributed by atoms with van der Waals surface area (Å²) in [5.41, 5.74) is 4.83. The second-order valence-electron chi connectivity index (χ2n) is 3.55. The van der Waals surface area contributed by atoms with Gasteiger partial charge in [-0.15, -0.1) is 0 Å². The van der Waals surface area contributed by atoms with E-state index in [0.717, 1.165) is 6.54 Å². The van der Waals surface area contributed by atoms with E-state index in [1.165, 1.54) is 25.8 Å². The molecule has 0 spiro atoms. The summed E-state index contributed by atoms with van der Waals surface area (Å²) < 4.78 is 0. The molecule has 60 valence electrons. The molecular formula is C10H15N. The first-order valence-electron chi connectivity index (χ1n) is 4.45. The molecule has 1 aliphatic carbocycles. The van der Waals surface area contributed by atoms with E-state index < -0.39 is 0 Å². The van der Waals surface area contributed by atoms with Gasteiger partial charge in [0, 0.05) is 6.54 Å². The Balaban J connectivity index is 2.25. The Hall–Kier alpha value is -0.560. The monoisotopic (exact) mass is 149 g/mol. The molecule has 0 amide bonds. The summed E-state index contributed by atoms with van der Waals surface area (Å²) >= 11 is 0. The van der Waals surface area contributed by atoms with Gasteiger partial charge in [-0.1, -0.05) is 17.2 Å². The summed E-state index contributed by atoms with van der Waals surface area (Å²) in [4.78, 5) is 0. The molecule has 0 radical (unpaired) electrons. The molecule has 0 aromatic carbocycles. The van der Waals surface area contributed by atoms with Gasteiger partial charge in [-0.25, -0.2) is 0 Å². The zero-order chi connectivity index (χ0) is 7.68. The Kier molecular flexibility index (Phi) is 1.82. The summed E-state index contributed by atoms with van der Waals surface area (Å²) in [7, 11) is 0. The van der Waals surface area contributed by atoms with Crippen LogP contribution in [0.2, 0.25) is 0 Å². The summed E-state index contributed by atoms with van der Waals surface area (Å²) in [6, 6.07) is 0. The Morgan fingerprint density at radius 1 is 1.27 bits per heavy atom. The summed E-state index contributed by atoms with van der Waals surface area (Å²) in [6.45, 7) is 4.55. The number of rotatable bonds is 0. The molecule has 0 aromatic heterocycles. The smallest absolute Gasteiger partial charge is 0.0170 e. The third-order valence-electron chi connectivity index (χ3n) is 2.61. The van der Waals surface area contributed by atoms with E-state index in [0.29, 0.717) is 0 Å². The first-order valence-corrected chi connectivity index (χ1v) is 4.45. The van der Waals surface area contributed by atoms with Gasteiger partial charge in [0.25, 0.3) is 0 Å². The van der Waals surface area contributed by atoms with E-state index in [9.17, 15) is 0 Å². The van der Waals surface area contributed by atoms with Crippen molar-refractivity contribution in [2.45, 2.75) is 26.2 Å². The van der Waals surface area contributed by atoms with Crippen LogP contribution >= 0.6 is 0 Å². The van der Waals surface area contributed by atoms with E-state index in [1.807, 2.05) is 0 Å². The molecule has 2 rings (SSSR count). The normalized spacial score (nSPS) is 24.6. The van der Waals surface area contributed by atoms with Crippen molar-refractivity contribution in [3.05, 3.63) is 22.8 Å². The lowest BCUT2D eigenvalue weighted by molar-refractivity contribution is 0.650. The third kappa shape index (κ3) is 1.38. The lowest BCUT2D eigenvalue weighted by Gasteiger charge is -2.23. The van der Waals surface area contributed by atoms with E-state index in [-0.39, 0.29) is 0 Å². The van der Waals surface area contributed by atoms with Crippen LogP contribution in [0.1, 0.15) is 26.2 Å². The molecule has 0 atom stereocenters. The molecule has 1 nitrogen and oxygen atoms in total. The minimum absolute atomic E-state index is 1.14. The molecule has 0 fully saturated rings. The van der Waals surface area contributed by atoms with Crippen LogP contribution in [0.15, 0.2) is 22.8 Å². The second-order valence-corrected chi connectivity index (χ2v) is 3.55. The largest absolute Gasteiger partial charge is 0.313 e. The molecular weight excluding hydrogens is 134 g/mol. The van der Waals surface area contributed by atoms with Gasteiger partial charge in [0.15, 0.2) is 0 Å². The highest BCUT2D eigenvalue weighted by molar-refractivity contribution is 5.35. The molecule has 1 aliphatic heterocycles. The quantitative estimate of drug-likeness (QED) is 0.555. The fourth-order valence-electron chi connectivity index (χ4n) is 1.89. The maximum atomic E-state index is 3.41. The van der Waals surface area contributed by atoms with Crippen LogP contribution in [-0.2, 0) is 0 Å². The van der Waals surface area contributed by atoms with Crippen molar-refractivity contribution in [3.63, 3.8) is 0 Å². The van der Waals surface area contributed by atoms with Gasteiger partial charge in [-0.2, -0.15) is 0 Å². The SMILES string of the molecule is CC1=CC2=C(CC1)CNCC2. The fourth-order valence-corrected chi connectivity index (χ4v) is 1.89. The third-order valence-corrected chi connectivity index (χ3v) is 2.61. The zero-order valence-electron chi connectivity index (χ0n) is 7.11. The van der Waals surface area contributed by atoms with Gasteiger partial charge in [-0.05, 0) is 38.3 Å². The van der Waals surface area contributed by atoms with Crippen molar-refractivity contribution in [1.82, 2.24) is 5.32 Å². The number of nitrogens with one attached hydrogen (secondary N) is 1. The zero-order valence-corrected chi connectivity index (χ0v) is 7.11. The maximum absolute atomic E-state index is 3.41. The topological polar surface area (TPSA) is 12.0 Å². The molecule has 0 aromatic rings. The van der Waals surface area contributed by atoms with Gasteiger partial charge in [0.05, 0.1) is 0 Å². The lowest BCUT2D eigenvalue weighted by atomic mass is 9.89. The highest BCUT2D eigenvalue weighted by Crippen LogP contribution is 2.26. The highest BCUT2D eigenvalue weighted by atomic mass is 14.9. The predicted molar refractivity (Wildman–Crippen MR) is 47.5 cm³/mol. The van der Waals surface area contributed by atoms with Crippen LogP contribution in [0.5, 0.6) is 0 Å². The Bertz CT molecular complexity index is 223. The van der Waals surface area contributed by atoms with Gasteiger partial charge in [0.1, 0.15) is 0 Å². The second kappa shape index (κ2) is 2.82. The average molecular weight is 149 g/mol.